The highest BCUT2D eigenvalue weighted by atomic mass is 28.1. The van der Waals surface area contributed by atoms with Crippen LogP contribution in [0.1, 0.15) is 51.4 Å². The molecule has 0 spiro atoms. The zero-order chi connectivity index (χ0) is 42.6. The van der Waals surface area contributed by atoms with Crippen molar-refractivity contribution in [1.29, 1.82) is 0 Å². The summed E-state index contributed by atoms with van der Waals surface area (Å²) in [5.74, 6) is -20.1. The monoisotopic (exact) mass is 800 g/mol. The number of aliphatic hydroxyl groups is 4. The molecule has 53 heavy (non-hydrogen) atoms. The van der Waals surface area contributed by atoms with Crippen molar-refractivity contribution in [3.05, 3.63) is 0 Å². The van der Waals surface area contributed by atoms with Gasteiger partial charge in [0.05, 0.1) is 51.4 Å². The minimum Gasteiger partial charge on any atom is -0.481 e. The van der Waals surface area contributed by atoms with Crippen molar-refractivity contribution >= 4 is 82.6 Å². The fraction of sp³-hybridized carbons (Fsp3) is 0.500. The standard InChI is InChI=1S/4C6H8O7.H4Si/c4*7-3(8)1-6(13,5(11)12)2-4(9)10;/h4*13H,1-2H2,(H,7,8)(H,9,10)(H,11,12);1H4. The summed E-state index contributed by atoms with van der Waals surface area (Å²) < 4.78 is 0. The lowest BCUT2D eigenvalue weighted by Crippen LogP contribution is -2.42. The van der Waals surface area contributed by atoms with Crippen molar-refractivity contribution in [3.8, 4) is 0 Å². The van der Waals surface area contributed by atoms with Gasteiger partial charge in [0.1, 0.15) is 0 Å². The number of carboxylic acid groups (broad SMARTS) is 12. The predicted octanol–water partition coefficient (Wildman–Crippen LogP) is -6.45. The Bertz CT molecular complexity index is 1120. The summed E-state index contributed by atoms with van der Waals surface area (Å²) in [6, 6.07) is 0. The van der Waals surface area contributed by atoms with Gasteiger partial charge in [0.25, 0.3) is 0 Å². The molecule has 29 heteroatoms. The molecule has 0 rings (SSSR count). The number of rotatable bonds is 20. The SMILES string of the molecule is O=C(O)CC(O)(CC(=O)O)C(=O)O.O=C(O)CC(O)(CC(=O)O)C(=O)O.O=C(O)CC(O)(CC(=O)O)C(=O)O.O=C(O)CC(O)(CC(=O)O)C(=O)O.[SiH4]. The van der Waals surface area contributed by atoms with Crippen LogP contribution in [0.25, 0.3) is 0 Å². The van der Waals surface area contributed by atoms with Crippen LogP contribution >= 0.6 is 0 Å². The van der Waals surface area contributed by atoms with E-state index in [-0.39, 0.29) is 11.0 Å². The van der Waals surface area contributed by atoms with Crippen LogP contribution in [-0.4, -0.2) is 187 Å². The van der Waals surface area contributed by atoms with E-state index in [4.69, 9.17) is 81.7 Å². The van der Waals surface area contributed by atoms with E-state index in [1.54, 1.807) is 0 Å². The molecule has 16 N–H and O–H groups in total. The molecule has 0 aliphatic carbocycles. The van der Waals surface area contributed by atoms with Gasteiger partial charge in [0.15, 0.2) is 22.4 Å². The smallest absolute Gasteiger partial charge is 0.336 e. The molecular weight excluding hydrogens is 764 g/mol. The van der Waals surface area contributed by atoms with Gasteiger partial charge in [-0.25, -0.2) is 19.2 Å². The molecule has 304 valence electrons. The van der Waals surface area contributed by atoms with Crippen LogP contribution in [-0.2, 0) is 57.5 Å². The summed E-state index contributed by atoms with van der Waals surface area (Å²) in [6.07, 6.45) is -9.15. The van der Waals surface area contributed by atoms with Gasteiger partial charge in [-0.2, -0.15) is 0 Å². The van der Waals surface area contributed by atoms with Gasteiger partial charge in [-0.05, 0) is 11.0 Å². The number of carbonyl (C=O) groups is 12. The molecule has 0 fully saturated rings. The van der Waals surface area contributed by atoms with E-state index >= 15 is 0 Å². The molecule has 0 heterocycles. The van der Waals surface area contributed by atoms with E-state index in [9.17, 15) is 57.5 Å². The van der Waals surface area contributed by atoms with Crippen molar-refractivity contribution in [3.63, 3.8) is 0 Å². The molecular formula is C24H36O28Si. The van der Waals surface area contributed by atoms with Gasteiger partial charge < -0.3 is 81.7 Å². The van der Waals surface area contributed by atoms with Crippen LogP contribution < -0.4 is 0 Å². The van der Waals surface area contributed by atoms with Gasteiger partial charge in [0.2, 0.25) is 0 Å². The third kappa shape index (κ3) is 26.2. The Hall–Kier alpha value is -6.30. The quantitative estimate of drug-likeness (QED) is 0.0509. The number of carboxylic acids is 12. The van der Waals surface area contributed by atoms with Crippen molar-refractivity contribution in [1.82, 2.24) is 0 Å². The van der Waals surface area contributed by atoms with E-state index in [2.05, 4.69) is 0 Å². The predicted molar refractivity (Wildman–Crippen MR) is 160 cm³/mol. The first-order valence-electron chi connectivity index (χ1n) is 12.7. The molecule has 0 saturated carbocycles. The molecule has 0 unspecified atom stereocenters. The fourth-order valence-corrected chi connectivity index (χ4v) is 2.86. The first-order chi connectivity index (χ1) is 23.1. The maximum absolute atomic E-state index is 10.3. The molecule has 0 aromatic rings. The van der Waals surface area contributed by atoms with Crippen LogP contribution in [0, 0.1) is 0 Å². The molecule has 0 saturated heterocycles. The summed E-state index contributed by atoms with van der Waals surface area (Å²) in [7, 11) is 0. The van der Waals surface area contributed by atoms with Crippen LogP contribution in [0.15, 0.2) is 0 Å². The highest BCUT2D eigenvalue weighted by Crippen LogP contribution is 2.18. The third-order valence-electron chi connectivity index (χ3n) is 5.14. The Morgan fingerprint density at radius 2 is 0.321 bits per heavy atom. The molecule has 28 nitrogen and oxygen atoms in total. The van der Waals surface area contributed by atoms with Crippen LogP contribution in [0.4, 0.5) is 0 Å². The number of hydrogen-bond donors (Lipinski definition) is 16. The van der Waals surface area contributed by atoms with Gasteiger partial charge >= 0.3 is 71.6 Å². The number of aliphatic carboxylic acids is 12. The average Bonchev–Trinajstić information content (AvgIpc) is 2.85. The minimum atomic E-state index is -2.74. The summed E-state index contributed by atoms with van der Waals surface area (Å²) in [5.41, 5.74) is -11.0. The molecule has 0 aromatic heterocycles. The van der Waals surface area contributed by atoms with Crippen molar-refractivity contribution in [2.75, 3.05) is 0 Å². The number of hydrogen-bond acceptors (Lipinski definition) is 16. The van der Waals surface area contributed by atoms with Gasteiger partial charge in [-0.3, -0.25) is 38.4 Å². The van der Waals surface area contributed by atoms with Gasteiger partial charge in [-0.1, -0.05) is 0 Å². The zero-order valence-corrected chi connectivity index (χ0v) is 25.7. The first kappa shape index (κ1) is 56.1. The Labute approximate surface area is 296 Å². The second-order valence-electron chi connectivity index (χ2n) is 9.91. The maximum atomic E-state index is 10.3. The van der Waals surface area contributed by atoms with E-state index in [1.807, 2.05) is 0 Å². The maximum Gasteiger partial charge on any atom is 0.336 e. The van der Waals surface area contributed by atoms with Crippen molar-refractivity contribution in [2.24, 2.45) is 0 Å². The van der Waals surface area contributed by atoms with Crippen LogP contribution in [0.3, 0.4) is 0 Å². The van der Waals surface area contributed by atoms with Crippen molar-refractivity contribution < 1.29 is 139 Å². The normalized spacial score (nSPS) is 10.6. The third-order valence-corrected chi connectivity index (χ3v) is 5.14. The highest BCUT2D eigenvalue weighted by Gasteiger charge is 2.43. The lowest BCUT2D eigenvalue weighted by atomic mass is 9.96. The molecule has 0 aliphatic rings. The average molecular weight is 801 g/mol. The summed E-state index contributed by atoms with van der Waals surface area (Å²) >= 11 is 0. The van der Waals surface area contributed by atoms with E-state index in [1.165, 1.54) is 0 Å². The second-order valence-corrected chi connectivity index (χ2v) is 9.91. The molecule has 0 aromatic carbocycles. The highest BCUT2D eigenvalue weighted by molar-refractivity contribution is 5.90. The Morgan fingerprint density at radius 1 is 0.245 bits per heavy atom. The molecule has 0 aliphatic heterocycles. The fourth-order valence-electron chi connectivity index (χ4n) is 2.86. The zero-order valence-electron chi connectivity index (χ0n) is 25.7. The van der Waals surface area contributed by atoms with Gasteiger partial charge in [0, 0.05) is 0 Å². The van der Waals surface area contributed by atoms with E-state index in [0.717, 1.165) is 0 Å². The topological polar surface area (TPSA) is 529 Å². The summed E-state index contributed by atoms with van der Waals surface area (Å²) in [5, 5.41) is 135. The molecule has 0 amide bonds. The molecule has 0 atom stereocenters. The Morgan fingerprint density at radius 3 is 0.358 bits per heavy atom. The lowest BCUT2D eigenvalue weighted by molar-refractivity contribution is -0.170. The van der Waals surface area contributed by atoms with Crippen molar-refractivity contribution in [2.45, 2.75) is 73.8 Å². The first-order valence-corrected chi connectivity index (χ1v) is 12.7. The Balaban J connectivity index is -0.000000192. The minimum absolute atomic E-state index is 0. The lowest BCUT2D eigenvalue weighted by Gasteiger charge is -2.18. The van der Waals surface area contributed by atoms with E-state index < -0.39 is 145 Å². The van der Waals surface area contributed by atoms with E-state index in [0.29, 0.717) is 0 Å². The van der Waals surface area contributed by atoms with Crippen LogP contribution in [0.2, 0.25) is 0 Å². The summed E-state index contributed by atoms with van der Waals surface area (Å²) in [6.45, 7) is 0. The largest absolute Gasteiger partial charge is 0.481 e. The Kier molecular flexibility index (Phi) is 25.4. The van der Waals surface area contributed by atoms with Gasteiger partial charge in [-0.15, -0.1) is 0 Å². The summed E-state index contributed by atoms with van der Waals surface area (Å²) in [4.78, 5) is 122. The molecule has 0 bridgehead atoms. The second kappa shape index (κ2) is 24.0. The molecule has 0 radical (unpaired) electrons. The van der Waals surface area contributed by atoms with Crippen LogP contribution in [0.5, 0.6) is 0 Å².